The number of benzene rings is 1. The van der Waals surface area contributed by atoms with E-state index >= 15 is 0 Å². The van der Waals surface area contributed by atoms with Gasteiger partial charge in [0.05, 0.1) is 14.2 Å². The van der Waals surface area contributed by atoms with E-state index < -0.39 is 0 Å². The van der Waals surface area contributed by atoms with Gasteiger partial charge in [0, 0.05) is 18.0 Å². The molecular formula is C17H23NO3. The van der Waals surface area contributed by atoms with Crippen molar-refractivity contribution < 1.29 is 14.3 Å². The Morgan fingerprint density at radius 3 is 2.81 bits per heavy atom. The van der Waals surface area contributed by atoms with Gasteiger partial charge in [0.2, 0.25) is 0 Å². The van der Waals surface area contributed by atoms with Gasteiger partial charge in [0.15, 0.2) is 17.3 Å². The molecule has 1 heterocycles. The zero-order valence-electron chi connectivity index (χ0n) is 12.7. The highest BCUT2D eigenvalue weighted by Gasteiger charge is 2.39. The highest BCUT2D eigenvalue weighted by Crippen LogP contribution is 2.39. The van der Waals surface area contributed by atoms with Gasteiger partial charge < -0.3 is 14.8 Å². The van der Waals surface area contributed by atoms with Crippen LogP contribution in [0, 0.1) is 11.8 Å². The molecule has 114 valence electrons. The first kappa shape index (κ1) is 14.4. The van der Waals surface area contributed by atoms with Crippen LogP contribution in [-0.4, -0.2) is 32.6 Å². The van der Waals surface area contributed by atoms with Gasteiger partial charge in [0.25, 0.3) is 0 Å². The molecular weight excluding hydrogens is 266 g/mol. The number of nitrogens with one attached hydrogen (secondary N) is 1. The largest absolute Gasteiger partial charge is 0.493 e. The molecule has 0 amide bonds. The van der Waals surface area contributed by atoms with Crippen LogP contribution >= 0.6 is 0 Å². The Kier molecular flexibility index (Phi) is 4.15. The Morgan fingerprint density at radius 2 is 2.05 bits per heavy atom. The van der Waals surface area contributed by atoms with Crippen molar-refractivity contribution in [3.63, 3.8) is 0 Å². The minimum absolute atomic E-state index is 0.181. The van der Waals surface area contributed by atoms with Crippen LogP contribution in [0.2, 0.25) is 0 Å². The second-order valence-corrected chi connectivity index (χ2v) is 6.07. The molecule has 1 aromatic rings. The number of carbonyl (C=O) groups is 1. The number of fused-ring (bicyclic) bond motifs is 1. The molecule has 1 saturated heterocycles. The van der Waals surface area contributed by atoms with E-state index in [1.165, 1.54) is 19.3 Å². The highest BCUT2D eigenvalue weighted by atomic mass is 16.5. The molecule has 21 heavy (non-hydrogen) atoms. The van der Waals surface area contributed by atoms with E-state index in [9.17, 15) is 4.79 Å². The van der Waals surface area contributed by atoms with Crippen LogP contribution in [0.3, 0.4) is 0 Å². The molecule has 0 bridgehead atoms. The molecule has 2 aliphatic rings. The van der Waals surface area contributed by atoms with Crippen LogP contribution in [0.1, 0.15) is 36.0 Å². The fourth-order valence-corrected chi connectivity index (χ4v) is 3.85. The maximum Gasteiger partial charge on any atom is 0.164 e. The Bertz CT molecular complexity index is 529. The third kappa shape index (κ3) is 2.77. The summed E-state index contributed by atoms with van der Waals surface area (Å²) in [6.07, 6.45) is 4.48. The number of ketones is 1. The number of Topliss-reactive ketones (excluding diaryl/α,β-unsaturated/α-hetero) is 1. The fraction of sp³-hybridized carbons (Fsp3) is 0.588. The Morgan fingerprint density at radius 1 is 1.24 bits per heavy atom. The maximum absolute atomic E-state index is 12.5. The fourth-order valence-electron chi connectivity index (χ4n) is 3.85. The Labute approximate surface area is 125 Å². The van der Waals surface area contributed by atoms with E-state index in [0.717, 1.165) is 12.5 Å². The highest BCUT2D eigenvalue weighted by molar-refractivity contribution is 5.97. The van der Waals surface area contributed by atoms with Crippen molar-refractivity contribution in [2.24, 2.45) is 11.8 Å². The Balaban J connectivity index is 1.70. The van der Waals surface area contributed by atoms with Crippen LogP contribution < -0.4 is 14.8 Å². The topological polar surface area (TPSA) is 47.6 Å². The van der Waals surface area contributed by atoms with Crippen molar-refractivity contribution in [3.05, 3.63) is 23.8 Å². The molecule has 4 heteroatoms. The first-order valence-corrected chi connectivity index (χ1v) is 7.71. The standard InChI is InChI=1S/C17H23NO3/c1-20-16-7-6-11(8-17(16)21-2)15(19)9-14-13-5-3-4-12(13)10-18-14/h6-8,12-14,18H,3-5,9-10H2,1-2H3. The van der Waals surface area contributed by atoms with Crippen molar-refractivity contribution in [1.29, 1.82) is 0 Å². The van der Waals surface area contributed by atoms with Crippen LogP contribution in [0.15, 0.2) is 18.2 Å². The zero-order valence-corrected chi connectivity index (χ0v) is 12.7. The third-order valence-electron chi connectivity index (χ3n) is 4.99. The SMILES string of the molecule is COc1ccc(C(=O)CC2NCC3CCCC32)cc1OC. The molecule has 3 atom stereocenters. The second-order valence-electron chi connectivity index (χ2n) is 6.07. The predicted octanol–water partition coefficient (Wildman–Crippen LogP) is 2.66. The third-order valence-corrected chi connectivity index (χ3v) is 4.99. The Hall–Kier alpha value is -1.55. The van der Waals surface area contributed by atoms with E-state index in [1.54, 1.807) is 26.4 Å². The average molecular weight is 289 g/mol. The number of hydrogen-bond donors (Lipinski definition) is 1. The number of hydrogen-bond acceptors (Lipinski definition) is 4. The van der Waals surface area contributed by atoms with Crippen LogP contribution in [0.25, 0.3) is 0 Å². The van der Waals surface area contributed by atoms with E-state index in [4.69, 9.17) is 9.47 Å². The number of ether oxygens (including phenoxy) is 2. The summed E-state index contributed by atoms with van der Waals surface area (Å²) in [6, 6.07) is 5.75. The van der Waals surface area contributed by atoms with Crippen molar-refractivity contribution >= 4 is 5.78 Å². The smallest absolute Gasteiger partial charge is 0.164 e. The van der Waals surface area contributed by atoms with Crippen molar-refractivity contribution in [2.75, 3.05) is 20.8 Å². The molecule has 0 spiro atoms. The predicted molar refractivity (Wildman–Crippen MR) is 81.1 cm³/mol. The molecule has 1 aromatic carbocycles. The molecule has 0 aromatic heterocycles. The van der Waals surface area contributed by atoms with Gasteiger partial charge in [-0.2, -0.15) is 0 Å². The summed E-state index contributed by atoms with van der Waals surface area (Å²) in [5.41, 5.74) is 0.705. The lowest BCUT2D eigenvalue weighted by Crippen LogP contribution is -2.29. The van der Waals surface area contributed by atoms with Gasteiger partial charge in [-0.05, 0) is 49.4 Å². The lowest BCUT2D eigenvalue weighted by Gasteiger charge is -2.17. The summed E-state index contributed by atoms with van der Waals surface area (Å²) < 4.78 is 10.5. The first-order chi connectivity index (χ1) is 10.2. The molecule has 0 radical (unpaired) electrons. The molecule has 1 saturated carbocycles. The van der Waals surface area contributed by atoms with Crippen molar-refractivity contribution in [2.45, 2.75) is 31.7 Å². The number of rotatable bonds is 5. The summed E-state index contributed by atoms with van der Waals surface area (Å²) >= 11 is 0. The van der Waals surface area contributed by atoms with E-state index in [0.29, 0.717) is 35.4 Å². The number of methoxy groups -OCH3 is 2. The minimum atomic E-state index is 0.181. The van der Waals surface area contributed by atoms with Crippen LogP contribution in [0.5, 0.6) is 11.5 Å². The van der Waals surface area contributed by atoms with Crippen molar-refractivity contribution in [1.82, 2.24) is 5.32 Å². The maximum atomic E-state index is 12.5. The van der Waals surface area contributed by atoms with Gasteiger partial charge in [0.1, 0.15) is 0 Å². The second kappa shape index (κ2) is 6.06. The van der Waals surface area contributed by atoms with Crippen LogP contribution in [0.4, 0.5) is 0 Å². The van der Waals surface area contributed by atoms with E-state index in [2.05, 4.69) is 5.32 Å². The van der Waals surface area contributed by atoms with Crippen molar-refractivity contribution in [3.8, 4) is 11.5 Å². The number of carbonyl (C=O) groups excluding carboxylic acids is 1. The summed E-state index contributed by atoms with van der Waals surface area (Å²) in [5.74, 6) is 2.92. The molecule has 2 fully saturated rings. The monoisotopic (exact) mass is 289 g/mol. The summed E-state index contributed by atoms with van der Waals surface area (Å²) in [7, 11) is 3.19. The molecule has 1 aliphatic carbocycles. The van der Waals surface area contributed by atoms with Gasteiger partial charge in [-0.25, -0.2) is 0 Å². The van der Waals surface area contributed by atoms with Gasteiger partial charge >= 0.3 is 0 Å². The lowest BCUT2D eigenvalue weighted by atomic mass is 9.90. The van der Waals surface area contributed by atoms with Crippen LogP contribution in [-0.2, 0) is 0 Å². The van der Waals surface area contributed by atoms with Gasteiger partial charge in [-0.1, -0.05) is 6.42 Å². The molecule has 1 aliphatic heterocycles. The normalized spacial score (nSPS) is 27.4. The first-order valence-electron chi connectivity index (χ1n) is 7.71. The lowest BCUT2D eigenvalue weighted by molar-refractivity contribution is 0.0963. The summed E-state index contributed by atoms with van der Waals surface area (Å²) in [5, 5.41) is 3.53. The summed E-state index contributed by atoms with van der Waals surface area (Å²) in [6.45, 7) is 1.08. The summed E-state index contributed by atoms with van der Waals surface area (Å²) in [4.78, 5) is 12.5. The van der Waals surface area contributed by atoms with Gasteiger partial charge in [-0.3, -0.25) is 4.79 Å². The van der Waals surface area contributed by atoms with Gasteiger partial charge in [-0.15, -0.1) is 0 Å². The average Bonchev–Trinajstić information content (AvgIpc) is 3.11. The van der Waals surface area contributed by atoms with E-state index in [1.807, 2.05) is 6.07 Å². The molecule has 4 nitrogen and oxygen atoms in total. The molecule has 3 unspecified atom stereocenters. The minimum Gasteiger partial charge on any atom is -0.493 e. The van der Waals surface area contributed by atoms with E-state index in [-0.39, 0.29) is 5.78 Å². The molecule has 3 rings (SSSR count). The molecule has 1 N–H and O–H groups in total. The quantitative estimate of drug-likeness (QED) is 0.847. The zero-order chi connectivity index (χ0) is 14.8.